The standard InChI is InChI=1S/C11H5F4NO3/c12-4-1-2-5(6(13)3-4)10-16-7(9(14)15)8(19-10)11(17)18/h1-3,9H,(H,17,18). The maximum Gasteiger partial charge on any atom is 0.374 e. The lowest BCUT2D eigenvalue weighted by Gasteiger charge is -1.97. The molecule has 4 nitrogen and oxygen atoms in total. The second kappa shape index (κ2) is 4.71. The number of benzene rings is 1. The van der Waals surface area contributed by atoms with E-state index in [-0.39, 0.29) is 0 Å². The number of carboxylic acid groups (broad SMARTS) is 1. The largest absolute Gasteiger partial charge is 0.475 e. The highest BCUT2D eigenvalue weighted by atomic mass is 19.3. The number of aromatic nitrogens is 1. The molecule has 1 aromatic heterocycles. The van der Waals surface area contributed by atoms with Gasteiger partial charge in [-0.2, -0.15) is 0 Å². The average molecular weight is 275 g/mol. The molecule has 2 aromatic rings. The quantitative estimate of drug-likeness (QED) is 0.873. The van der Waals surface area contributed by atoms with Crippen LogP contribution in [0.25, 0.3) is 11.5 Å². The summed E-state index contributed by atoms with van der Waals surface area (Å²) in [5.41, 5.74) is -1.51. The molecule has 0 aliphatic rings. The van der Waals surface area contributed by atoms with E-state index in [1.807, 2.05) is 0 Å². The summed E-state index contributed by atoms with van der Waals surface area (Å²) in [6, 6.07) is 2.28. The van der Waals surface area contributed by atoms with Gasteiger partial charge in [-0.05, 0) is 12.1 Å². The predicted octanol–water partition coefficient (Wildman–Crippen LogP) is 3.26. The van der Waals surface area contributed by atoms with E-state index in [1.54, 1.807) is 0 Å². The van der Waals surface area contributed by atoms with Gasteiger partial charge in [0.25, 0.3) is 6.43 Å². The minimum Gasteiger partial charge on any atom is -0.475 e. The molecular weight excluding hydrogens is 270 g/mol. The first-order chi connectivity index (χ1) is 8.90. The van der Waals surface area contributed by atoms with Crippen LogP contribution in [-0.4, -0.2) is 16.1 Å². The van der Waals surface area contributed by atoms with Crippen LogP contribution in [-0.2, 0) is 0 Å². The van der Waals surface area contributed by atoms with Crippen LogP contribution in [0.1, 0.15) is 22.7 Å². The number of oxazole rings is 1. The van der Waals surface area contributed by atoms with Gasteiger partial charge in [0.15, 0.2) is 5.69 Å². The Morgan fingerprint density at radius 2 is 2.00 bits per heavy atom. The average Bonchev–Trinajstić information content (AvgIpc) is 2.73. The lowest BCUT2D eigenvalue weighted by molar-refractivity contribution is 0.0646. The van der Waals surface area contributed by atoms with E-state index in [1.165, 1.54) is 0 Å². The summed E-state index contributed by atoms with van der Waals surface area (Å²) in [4.78, 5) is 13.9. The van der Waals surface area contributed by atoms with E-state index in [9.17, 15) is 22.4 Å². The first-order valence-corrected chi connectivity index (χ1v) is 4.87. The molecule has 0 atom stereocenters. The van der Waals surface area contributed by atoms with Crippen LogP contribution in [0.15, 0.2) is 22.6 Å². The second-order valence-electron chi connectivity index (χ2n) is 3.46. The zero-order valence-electron chi connectivity index (χ0n) is 9.03. The molecule has 0 aliphatic carbocycles. The van der Waals surface area contributed by atoms with Crippen LogP contribution < -0.4 is 0 Å². The lowest BCUT2D eigenvalue weighted by atomic mass is 10.2. The van der Waals surface area contributed by atoms with E-state index in [0.29, 0.717) is 6.07 Å². The zero-order chi connectivity index (χ0) is 14.2. The monoisotopic (exact) mass is 275 g/mol. The second-order valence-corrected chi connectivity index (χ2v) is 3.46. The molecule has 0 saturated heterocycles. The summed E-state index contributed by atoms with van der Waals surface area (Å²) in [5.74, 6) is -5.45. The molecule has 100 valence electrons. The number of hydrogen-bond acceptors (Lipinski definition) is 3. The van der Waals surface area contributed by atoms with Gasteiger partial charge in [0.05, 0.1) is 5.56 Å². The molecule has 19 heavy (non-hydrogen) atoms. The van der Waals surface area contributed by atoms with Crippen molar-refractivity contribution in [1.29, 1.82) is 0 Å². The van der Waals surface area contributed by atoms with Gasteiger partial charge in [-0.1, -0.05) is 0 Å². The van der Waals surface area contributed by atoms with Gasteiger partial charge >= 0.3 is 5.97 Å². The van der Waals surface area contributed by atoms with Crippen molar-refractivity contribution in [2.45, 2.75) is 6.43 Å². The smallest absolute Gasteiger partial charge is 0.374 e. The maximum atomic E-state index is 13.4. The van der Waals surface area contributed by atoms with Crippen LogP contribution in [0, 0.1) is 11.6 Å². The van der Waals surface area contributed by atoms with Crippen molar-refractivity contribution in [3.8, 4) is 11.5 Å². The fraction of sp³-hybridized carbons (Fsp3) is 0.0909. The number of alkyl halides is 2. The maximum absolute atomic E-state index is 13.4. The van der Waals surface area contributed by atoms with Crippen LogP contribution in [0.2, 0.25) is 0 Å². The van der Waals surface area contributed by atoms with E-state index >= 15 is 0 Å². The molecule has 0 radical (unpaired) electrons. The van der Waals surface area contributed by atoms with Crippen molar-refractivity contribution < 1.29 is 31.9 Å². The number of nitrogens with zero attached hydrogens (tertiary/aromatic N) is 1. The van der Waals surface area contributed by atoms with Gasteiger partial charge in [0.1, 0.15) is 11.6 Å². The van der Waals surface area contributed by atoms with Gasteiger partial charge in [0.2, 0.25) is 11.7 Å². The highest BCUT2D eigenvalue weighted by Gasteiger charge is 2.27. The normalized spacial score (nSPS) is 11.0. The highest BCUT2D eigenvalue weighted by molar-refractivity contribution is 5.86. The fourth-order valence-electron chi connectivity index (χ4n) is 1.41. The Kier molecular flexibility index (Phi) is 3.24. The molecule has 0 amide bonds. The molecule has 0 aliphatic heterocycles. The topological polar surface area (TPSA) is 63.3 Å². The summed E-state index contributed by atoms with van der Waals surface area (Å²) in [6.07, 6.45) is -3.19. The number of hydrogen-bond donors (Lipinski definition) is 1. The molecular formula is C11H5F4NO3. The SMILES string of the molecule is O=C(O)c1oc(-c2ccc(F)cc2F)nc1C(F)F. The molecule has 0 saturated carbocycles. The summed E-state index contributed by atoms with van der Waals surface area (Å²) >= 11 is 0. The third-order valence-electron chi connectivity index (χ3n) is 2.22. The van der Waals surface area contributed by atoms with Gasteiger partial charge < -0.3 is 9.52 Å². The minimum atomic E-state index is -3.19. The highest BCUT2D eigenvalue weighted by Crippen LogP contribution is 2.29. The van der Waals surface area contributed by atoms with Crippen LogP contribution >= 0.6 is 0 Å². The van der Waals surface area contributed by atoms with E-state index in [0.717, 1.165) is 12.1 Å². The van der Waals surface area contributed by atoms with E-state index < -0.39 is 46.9 Å². The summed E-state index contributed by atoms with van der Waals surface area (Å²) in [7, 11) is 0. The molecule has 1 aromatic carbocycles. The number of aromatic carboxylic acids is 1. The Balaban J connectivity index is 2.57. The molecule has 0 unspecified atom stereocenters. The predicted molar refractivity (Wildman–Crippen MR) is 53.8 cm³/mol. The molecule has 0 fully saturated rings. The number of carboxylic acids is 1. The van der Waals surface area contributed by atoms with Crippen molar-refractivity contribution in [3.05, 3.63) is 41.3 Å². The van der Waals surface area contributed by atoms with Crippen molar-refractivity contribution in [1.82, 2.24) is 4.98 Å². The van der Waals surface area contributed by atoms with Crippen LogP contribution in [0.4, 0.5) is 17.6 Å². The third kappa shape index (κ3) is 2.42. The molecule has 2 rings (SSSR count). The molecule has 0 spiro atoms. The molecule has 1 heterocycles. The Hall–Kier alpha value is -2.38. The Morgan fingerprint density at radius 1 is 1.32 bits per heavy atom. The van der Waals surface area contributed by atoms with Crippen molar-refractivity contribution >= 4 is 5.97 Å². The minimum absolute atomic E-state index is 0.407. The van der Waals surface area contributed by atoms with Crippen molar-refractivity contribution in [2.75, 3.05) is 0 Å². The first-order valence-electron chi connectivity index (χ1n) is 4.87. The van der Waals surface area contributed by atoms with Crippen LogP contribution in [0.5, 0.6) is 0 Å². The van der Waals surface area contributed by atoms with Gasteiger partial charge in [-0.3, -0.25) is 0 Å². The van der Waals surface area contributed by atoms with Gasteiger partial charge in [0, 0.05) is 6.07 Å². The number of rotatable bonds is 3. The number of halogens is 4. The number of carbonyl (C=O) groups is 1. The van der Waals surface area contributed by atoms with E-state index in [4.69, 9.17) is 5.11 Å². The van der Waals surface area contributed by atoms with Gasteiger partial charge in [-0.25, -0.2) is 27.3 Å². The summed E-state index contributed by atoms with van der Waals surface area (Å²) in [6.45, 7) is 0. The lowest BCUT2D eigenvalue weighted by Crippen LogP contribution is -1.99. The van der Waals surface area contributed by atoms with Gasteiger partial charge in [-0.15, -0.1) is 0 Å². The summed E-state index contributed by atoms with van der Waals surface area (Å²) < 4.78 is 55.8. The first kappa shape index (κ1) is 13.1. The fourth-order valence-corrected chi connectivity index (χ4v) is 1.41. The Bertz CT molecular complexity index is 639. The van der Waals surface area contributed by atoms with E-state index in [2.05, 4.69) is 9.40 Å². The van der Waals surface area contributed by atoms with Crippen molar-refractivity contribution in [2.24, 2.45) is 0 Å². The third-order valence-corrected chi connectivity index (χ3v) is 2.22. The summed E-state index contributed by atoms with van der Waals surface area (Å²) in [5, 5.41) is 8.67. The Labute approximate surface area is 103 Å². The van der Waals surface area contributed by atoms with Crippen LogP contribution in [0.3, 0.4) is 0 Å². The van der Waals surface area contributed by atoms with Crippen molar-refractivity contribution in [3.63, 3.8) is 0 Å². The zero-order valence-corrected chi connectivity index (χ0v) is 9.03. The molecule has 1 N–H and O–H groups in total. The molecule has 8 heteroatoms. The Morgan fingerprint density at radius 3 is 2.47 bits per heavy atom. The molecule has 0 bridgehead atoms.